The van der Waals surface area contributed by atoms with E-state index in [-0.39, 0.29) is 17.1 Å². The van der Waals surface area contributed by atoms with Crippen molar-refractivity contribution < 1.29 is 63.9 Å². The molecule has 6 N–H and O–H groups in total. The van der Waals surface area contributed by atoms with Gasteiger partial charge in [0.15, 0.2) is 17.8 Å². The number of rotatable bonds is 7. The number of aromatic hydroxyl groups is 1. The van der Waals surface area contributed by atoms with Crippen LogP contribution >= 0.6 is 0 Å². The summed E-state index contributed by atoms with van der Waals surface area (Å²) in [7, 11) is 1.35. The molecule has 36 heavy (non-hydrogen) atoms. The average Bonchev–Trinajstić information content (AvgIpc) is 3.56. The molecule has 11 atom stereocenters. The van der Waals surface area contributed by atoms with E-state index in [0.29, 0.717) is 0 Å². The standard InChI is InChI=1S/C23H28O13/c1-31-12-6-9(2-3-11(12)26)20(30)34-18-10-4-5-32-21(14(10)23(8-25)19(18)36-23)35-22-17(29)16(28)15(27)13(7-24)33-22/h2-6,10,13-19,21-22,24-29H,7-8H2,1H3/t10-,13-,14-,15-,16-,17-,18+,19-,21-,22+,23-/m1/s1. The zero-order valence-electron chi connectivity index (χ0n) is 19.1. The van der Waals surface area contributed by atoms with Crippen molar-refractivity contribution in [1.29, 1.82) is 0 Å². The van der Waals surface area contributed by atoms with Gasteiger partial charge in [0.2, 0.25) is 6.29 Å². The molecule has 1 aromatic carbocycles. The summed E-state index contributed by atoms with van der Waals surface area (Å²) in [6.45, 7) is -1.07. The molecule has 4 aliphatic rings. The highest BCUT2D eigenvalue weighted by atomic mass is 16.8. The van der Waals surface area contributed by atoms with Gasteiger partial charge in [-0.3, -0.25) is 0 Å². The van der Waals surface area contributed by atoms with Gasteiger partial charge in [-0.05, 0) is 24.3 Å². The summed E-state index contributed by atoms with van der Waals surface area (Å²) in [5.74, 6) is -1.95. The van der Waals surface area contributed by atoms with Crippen molar-refractivity contribution in [3.63, 3.8) is 0 Å². The number of benzene rings is 1. The van der Waals surface area contributed by atoms with E-state index in [4.69, 9.17) is 28.4 Å². The molecule has 0 bridgehead atoms. The van der Waals surface area contributed by atoms with Crippen molar-refractivity contribution in [1.82, 2.24) is 0 Å². The van der Waals surface area contributed by atoms with Gasteiger partial charge in [0.25, 0.3) is 0 Å². The fraction of sp³-hybridized carbons (Fsp3) is 0.609. The van der Waals surface area contributed by atoms with Crippen LogP contribution in [0.15, 0.2) is 30.5 Å². The number of fused-ring (bicyclic) bond motifs is 3. The Balaban J connectivity index is 1.35. The molecule has 13 heteroatoms. The molecule has 198 valence electrons. The molecule has 13 nitrogen and oxygen atoms in total. The molecule has 3 fully saturated rings. The first-order chi connectivity index (χ1) is 17.2. The minimum absolute atomic E-state index is 0.0973. The number of carbonyl (C=O) groups is 1. The molecule has 3 aliphatic heterocycles. The Morgan fingerprint density at radius 1 is 1.11 bits per heavy atom. The van der Waals surface area contributed by atoms with Crippen LogP contribution < -0.4 is 4.74 Å². The van der Waals surface area contributed by atoms with Gasteiger partial charge in [-0.2, -0.15) is 0 Å². The number of esters is 1. The molecule has 1 saturated carbocycles. The monoisotopic (exact) mass is 512 g/mol. The van der Waals surface area contributed by atoms with E-state index in [2.05, 4.69) is 0 Å². The van der Waals surface area contributed by atoms with Crippen LogP contribution in [0.4, 0.5) is 0 Å². The van der Waals surface area contributed by atoms with E-state index in [1.165, 1.54) is 31.6 Å². The number of phenolic OH excluding ortho intramolecular Hbond substituents is 1. The number of methoxy groups -OCH3 is 1. The average molecular weight is 512 g/mol. The molecule has 3 heterocycles. The number of ether oxygens (including phenoxy) is 6. The highest BCUT2D eigenvalue weighted by Gasteiger charge is 2.77. The number of hydrogen-bond donors (Lipinski definition) is 6. The van der Waals surface area contributed by atoms with Crippen molar-refractivity contribution in [2.75, 3.05) is 20.3 Å². The zero-order chi connectivity index (χ0) is 25.8. The van der Waals surface area contributed by atoms with Crippen LogP contribution in [0.5, 0.6) is 11.5 Å². The molecule has 2 saturated heterocycles. The van der Waals surface area contributed by atoms with Crippen molar-refractivity contribution >= 4 is 5.97 Å². The third kappa shape index (κ3) is 3.92. The van der Waals surface area contributed by atoms with Crippen LogP contribution in [0.25, 0.3) is 0 Å². The van der Waals surface area contributed by atoms with Crippen molar-refractivity contribution in [2.45, 2.75) is 54.8 Å². The predicted octanol–water partition coefficient (Wildman–Crippen LogP) is -2.01. The fourth-order valence-corrected chi connectivity index (χ4v) is 5.28. The minimum atomic E-state index is -1.66. The van der Waals surface area contributed by atoms with E-state index in [1.807, 2.05) is 0 Å². The van der Waals surface area contributed by atoms with Crippen LogP contribution in [0.1, 0.15) is 10.4 Å². The van der Waals surface area contributed by atoms with E-state index in [0.717, 1.165) is 0 Å². The zero-order valence-corrected chi connectivity index (χ0v) is 19.1. The SMILES string of the molecule is COc1cc(C(=O)O[C@H]2[C@@H]3C=CO[C@H](O[C@@H]4O[C@H](CO)[C@@H](O)[C@@H](O)[C@H]4O)[C@@H]3[C@@]3(CO)O[C@H]23)ccc1O. The first-order valence-electron chi connectivity index (χ1n) is 11.4. The van der Waals surface area contributed by atoms with Crippen molar-refractivity contribution in [2.24, 2.45) is 11.8 Å². The molecular formula is C23H28O13. The Kier molecular flexibility index (Phi) is 6.59. The fourth-order valence-electron chi connectivity index (χ4n) is 5.28. The van der Waals surface area contributed by atoms with Gasteiger partial charge in [-0.15, -0.1) is 0 Å². The summed E-state index contributed by atoms with van der Waals surface area (Å²) in [5, 5.41) is 59.8. The number of phenols is 1. The van der Waals surface area contributed by atoms with Crippen LogP contribution in [-0.2, 0) is 23.7 Å². The Bertz CT molecular complexity index is 1010. The molecule has 5 rings (SSSR count). The normalized spacial score (nSPS) is 42.7. The molecule has 0 amide bonds. The van der Waals surface area contributed by atoms with E-state index in [1.54, 1.807) is 6.08 Å². The van der Waals surface area contributed by atoms with Crippen LogP contribution in [0.2, 0.25) is 0 Å². The maximum atomic E-state index is 12.9. The Labute approximate surface area is 205 Å². The number of hydrogen-bond acceptors (Lipinski definition) is 13. The quantitative estimate of drug-likeness (QED) is 0.173. The lowest BCUT2D eigenvalue weighted by Gasteiger charge is -2.43. The lowest BCUT2D eigenvalue weighted by atomic mass is 9.85. The van der Waals surface area contributed by atoms with Crippen LogP contribution in [0.3, 0.4) is 0 Å². The van der Waals surface area contributed by atoms with Crippen molar-refractivity contribution in [3.05, 3.63) is 36.1 Å². The molecule has 0 radical (unpaired) electrons. The summed E-state index contributed by atoms with van der Waals surface area (Å²) in [4.78, 5) is 12.9. The smallest absolute Gasteiger partial charge is 0.338 e. The first-order valence-corrected chi connectivity index (χ1v) is 11.4. The maximum absolute atomic E-state index is 12.9. The van der Waals surface area contributed by atoms with E-state index < -0.39 is 85.8 Å². The van der Waals surface area contributed by atoms with Gasteiger partial charge in [0.05, 0.1) is 38.1 Å². The highest BCUT2D eigenvalue weighted by molar-refractivity contribution is 5.90. The maximum Gasteiger partial charge on any atom is 0.338 e. The second-order valence-corrected chi connectivity index (χ2v) is 9.18. The molecule has 0 unspecified atom stereocenters. The predicted molar refractivity (Wildman–Crippen MR) is 114 cm³/mol. The molecule has 1 aromatic rings. The largest absolute Gasteiger partial charge is 0.504 e. The number of carbonyl (C=O) groups excluding carboxylic acids is 1. The van der Waals surface area contributed by atoms with Gasteiger partial charge < -0.3 is 59.1 Å². The Morgan fingerprint density at radius 3 is 2.58 bits per heavy atom. The number of aliphatic hydroxyl groups excluding tert-OH is 5. The highest BCUT2D eigenvalue weighted by Crippen LogP contribution is 2.60. The van der Waals surface area contributed by atoms with Gasteiger partial charge >= 0.3 is 5.97 Å². The summed E-state index contributed by atoms with van der Waals surface area (Å²) in [6.07, 6.45) is -7.19. The lowest BCUT2D eigenvalue weighted by Crippen LogP contribution is -2.60. The Hall–Kier alpha value is -2.49. The Morgan fingerprint density at radius 2 is 1.89 bits per heavy atom. The summed E-state index contributed by atoms with van der Waals surface area (Å²) >= 11 is 0. The molecule has 0 spiro atoms. The number of epoxide rings is 1. The minimum Gasteiger partial charge on any atom is -0.504 e. The molecular weight excluding hydrogens is 484 g/mol. The van der Waals surface area contributed by atoms with E-state index in [9.17, 15) is 35.4 Å². The van der Waals surface area contributed by atoms with Gasteiger partial charge in [-0.25, -0.2) is 4.79 Å². The number of aliphatic hydroxyl groups is 5. The first kappa shape index (κ1) is 25.2. The summed E-state index contributed by atoms with van der Waals surface area (Å²) < 4.78 is 33.4. The van der Waals surface area contributed by atoms with Crippen LogP contribution in [-0.4, -0.2) is 112 Å². The lowest BCUT2D eigenvalue weighted by molar-refractivity contribution is -0.344. The second kappa shape index (κ2) is 9.43. The molecule has 0 aromatic heterocycles. The summed E-state index contributed by atoms with van der Waals surface area (Å²) in [5.41, 5.74) is -1.03. The third-order valence-corrected chi connectivity index (χ3v) is 7.26. The third-order valence-electron chi connectivity index (χ3n) is 7.26. The second-order valence-electron chi connectivity index (χ2n) is 9.18. The molecule has 1 aliphatic carbocycles. The van der Waals surface area contributed by atoms with E-state index >= 15 is 0 Å². The van der Waals surface area contributed by atoms with Crippen LogP contribution in [0, 0.1) is 11.8 Å². The van der Waals surface area contributed by atoms with Gasteiger partial charge in [0, 0.05) is 5.92 Å². The summed E-state index contributed by atoms with van der Waals surface area (Å²) in [6, 6.07) is 4.02. The van der Waals surface area contributed by atoms with Crippen molar-refractivity contribution in [3.8, 4) is 11.5 Å². The topological polar surface area (TPSA) is 197 Å². The van der Waals surface area contributed by atoms with Gasteiger partial charge in [-0.1, -0.05) is 0 Å². The van der Waals surface area contributed by atoms with Gasteiger partial charge in [0.1, 0.15) is 42.2 Å².